The fraction of sp³-hybridized carbons (Fsp3) is 0.238. The van der Waals surface area contributed by atoms with Crippen LogP contribution in [0.3, 0.4) is 0 Å². The van der Waals surface area contributed by atoms with Crippen LogP contribution in [0.5, 0.6) is 5.75 Å². The molecule has 0 N–H and O–H groups in total. The van der Waals surface area contributed by atoms with E-state index in [4.69, 9.17) is 9.15 Å². The smallest absolute Gasteiger partial charge is 0.336 e. The summed E-state index contributed by atoms with van der Waals surface area (Å²) < 4.78 is 10.8. The van der Waals surface area contributed by atoms with Crippen molar-refractivity contribution in [1.82, 2.24) is 0 Å². The Morgan fingerprint density at radius 1 is 1.15 bits per heavy atom. The average molecular weight is 349 g/mol. The van der Waals surface area contributed by atoms with Crippen molar-refractivity contribution in [2.24, 2.45) is 0 Å². The zero-order chi connectivity index (χ0) is 18.1. The number of aryl methyl sites for hydroxylation is 2. The Morgan fingerprint density at radius 3 is 2.88 bits per heavy atom. The third kappa shape index (κ3) is 3.20. The van der Waals surface area contributed by atoms with Gasteiger partial charge in [0, 0.05) is 29.8 Å². The Bertz CT molecular complexity index is 1040. The lowest BCUT2D eigenvalue weighted by Gasteiger charge is -2.29. The molecule has 5 heteroatoms. The Labute approximate surface area is 150 Å². The summed E-state index contributed by atoms with van der Waals surface area (Å²) in [5, 5.41) is 0.809. The molecule has 0 saturated carbocycles. The molecule has 3 aromatic rings. The zero-order valence-electron chi connectivity index (χ0n) is 14.5. The first kappa shape index (κ1) is 16.4. The number of nitrogens with zero attached hydrogens (tertiary/aromatic N) is 1. The first-order chi connectivity index (χ1) is 12.6. The SMILES string of the molecule is Cc1ccc2c(c1)CCCN2C(=O)COc1ccc2ccc(=O)oc2c1. The third-order valence-electron chi connectivity index (χ3n) is 4.61. The molecular formula is C21H19NO4. The molecule has 2 heterocycles. The highest BCUT2D eigenvalue weighted by Gasteiger charge is 2.22. The summed E-state index contributed by atoms with van der Waals surface area (Å²) in [7, 11) is 0. The molecule has 1 amide bonds. The van der Waals surface area contributed by atoms with Gasteiger partial charge in [-0.15, -0.1) is 0 Å². The van der Waals surface area contributed by atoms with Crippen molar-refractivity contribution in [3.63, 3.8) is 0 Å². The monoisotopic (exact) mass is 349 g/mol. The lowest BCUT2D eigenvalue weighted by Crippen LogP contribution is -2.38. The summed E-state index contributed by atoms with van der Waals surface area (Å²) in [6, 6.07) is 14.5. The largest absolute Gasteiger partial charge is 0.484 e. The molecule has 0 bridgehead atoms. The number of fused-ring (bicyclic) bond motifs is 2. The molecule has 0 saturated heterocycles. The van der Waals surface area contributed by atoms with Gasteiger partial charge in [-0.25, -0.2) is 4.79 Å². The van der Waals surface area contributed by atoms with Crippen molar-refractivity contribution < 1.29 is 13.9 Å². The van der Waals surface area contributed by atoms with E-state index in [0.717, 1.165) is 23.9 Å². The highest BCUT2D eigenvalue weighted by atomic mass is 16.5. The maximum atomic E-state index is 12.7. The number of carbonyl (C=O) groups is 1. The minimum atomic E-state index is -0.411. The van der Waals surface area contributed by atoms with Crippen LogP contribution >= 0.6 is 0 Å². The molecule has 132 valence electrons. The number of ether oxygens (including phenoxy) is 1. The van der Waals surface area contributed by atoms with Gasteiger partial charge in [-0.1, -0.05) is 17.7 Å². The second kappa shape index (κ2) is 6.67. The van der Waals surface area contributed by atoms with Crippen LogP contribution in [0.25, 0.3) is 11.0 Å². The second-order valence-electron chi connectivity index (χ2n) is 6.52. The average Bonchev–Trinajstić information content (AvgIpc) is 2.65. The van der Waals surface area contributed by atoms with Crippen LogP contribution in [0.1, 0.15) is 17.5 Å². The number of carbonyl (C=O) groups excluding carboxylic acids is 1. The quantitative estimate of drug-likeness (QED) is 0.680. The van der Waals surface area contributed by atoms with Crippen LogP contribution in [0.15, 0.2) is 57.7 Å². The first-order valence-electron chi connectivity index (χ1n) is 8.67. The van der Waals surface area contributed by atoms with Crippen LogP contribution in [0.2, 0.25) is 0 Å². The van der Waals surface area contributed by atoms with Crippen LogP contribution in [0, 0.1) is 6.92 Å². The lowest BCUT2D eigenvalue weighted by atomic mass is 9.99. The number of hydrogen-bond acceptors (Lipinski definition) is 4. The van der Waals surface area contributed by atoms with Crippen LogP contribution < -0.4 is 15.3 Å². The topological polar surface area (TPSA) is 59.8 Å². The predicted octanol–water partition coefficient (Wildman–Crippen LogP) is 3.46. The van der Waals surface area contributed by atoms with E-state index >= 15 is 0 Å². The Kier molecular flexibility index (Phi) is 4.21. The van der Waals surface area contributed by atoms with Crippen molar-refractivity contribution in [3.8, 4) is 5.75 Å². The maximum absolute atomic E-state index is 12.7. The minimum Gasteiger partial charge on any atom is -0.484 e. The summed E-state index contributed by atoms with van der Waals surface area (Å²) in [5.74, 6) is 0.422. The fourth-order valence-corrected chi connectivity index (χ4v) is 3.34. The molecule has 0 radical (unpaired) electrons. The lowest BCUT2D eigenvalue weighted by molar-refractivity contribution is -0.120. The second-order valence-corrected chi connectivity index (χ2v) is 6.52. The first-order valence-corrected chi connectivity index (χ1v) is 8.67. The Morgan fingerprint density at radius 2 is 2.00 bits per heavy atom. The predicted molar refractivity (Wildman–Crippen MR) is 99.8 cm³/mol. The van der Waals surface area contributed by atoms with Gasteiger partial charge in [0.05, 0.1) is 0 Å². The third-order valence-corrected chi connectivity index (χ3v) is 4.61. The summed E-state index contributed by atoms with van der Waals surface area (Å²) in [6.07, 6.45) is 1.94. The summed E-state index contributed by atoms with van der Waals surface area (Å²) in [4.78, 5) is 25.8. The molecule has 0 unspecified atom stereocenters. The molecule has 0 aliphatic carbocycles. The van der Waals surface area contributed by atoms with Gasteiger partial charge in [0.25, 0.3) is 5.91 Å². The van der Waals surface area contributed by atoms with Gasteiger partial charge in [0.2, 0.25) is 0 Å². The van der Waals surface area contributed by atoms with Gasteiger partial charge in [0.1, 0.15) is 11.3 Å². The number of rotatable bonds is 3. The van der Waals surface area contributed by atoms with Crippen LogP contribution in [-0.4, -0.2) is 19.1 Å². The summed E-state index contributed by atoms with van der Waals surface area (Å²) in [5.41, 5.74) is 3.41. The van der Waals surface area contributed by atoms with Crippen molar-refractivity contribution in [2.75, 3.05) is 18.1 Å². The number of hydrogen-bond donors (Lipinski definition) is 0. The Balaban J connectivity index is 1.50. The van der Waals surface area contributed by atoms with Crippen molar-refractivity contribution in [3.05, 3.63) is 70.1 Å². The molecule has 2 aromatic carbocycles. The standard InChI is InChI=1S/C21H19NO4/c1-14-4-8-18-16(11-14)3-2-10-22(18)20(23)13-25-17-7-5-15-6-9-21(24)26-19(15)12-17/h4-9,11-12H,2-3,10,13H2,1H3. The molecule has 4 rings (SSSR count). The highest BCUT2D eigenvalue weighted by Crippen LogP contribution is 2.28. The molecule has 26 heavy (non-hydrogen) atoms. The molecule has 1 aliphatic heterocycles. The summed E-state index contributed by atoms with van der Waals surface area (Å²) >= 11 is 0. The molecule has 1 aromatic heterocycles. The van der Waals surface area contributed by atoms with Crippen molar-refractivity contribution >= 4 is 22.6 Å². The van der Waals surface area contributed by atoms with Crippen LogP contribution in [0.4, 0.5) is 5.69 Å². The molecule has 1 aliphatic rings. The summed E-state index contributed by atoms with van der Waals surface area (Å²) in [6.45, 7) is 2.70. The normalized spacial score (nSPS) is 13.5. The van der Waals surface area contributed by atoms with Gasteiger partial charge in [-0.3, -0.25) is 4.79 Å². The van der Waals surface area contributed by atoms with E-state index in [9.17, 15) is 9.59 Å². The van der Waals surface area contributed by atoms with E-state index in [1.165, 1.54) is 17.2 Å². The van der Waals surface area contributed by atoms with Crippen molar-refractivity contribution in [1.29, 1.82) is 0 Å². The number of benzene rings is 2. The number of anilines is 1. The molecule has 5 nitrogen and oxygen atoms in total. The van der Waals surface area contributed by atoms with E-state index in [1.54, 1.807) is 29.2 Å². The maximum Gasteiger partial charge on any atom is 0.336 e. The van der Waals surface area contributed by atoms with Gasteiger partial charge >= 0.3 is 5.63 Å². The molecular weight excluding hydrogens is 330 g/mol. The van der Waals surface area contributed by atoms with E-state index in [1.807, 2.05) is 12.1 Å². The minimum absolute atomic E-state index is 0.0596. The highest BCUT2D eigenvalue weighted by molar-refractivity contribution is 5.95. The van der Waals surface area contributed by atoms with E-state index in [0.29, 0.717) is 17.9 Å². The fourth-order valence-electron chi connectivity index (χ4n) is 3.34. The molecule has 0 fully saturated rings. The Hall–Kier alpha value is -3.08. The van der Waals surface area contributed by atoms with E-state index in [2.05, 4.69) is 13.0 Å². The van der Waals surface area contributed by atoms with Crippen LogP contribution in [-0.2, 0) is 11.2 Å². The number of amides is 1. The molecule has 0 atom stereocenters. The van der Waals surface area contributed by atoms with Gasteiger partial charge in [-0.2, -0.15) is 0 Å². The molecule has 0 spiro atoms. The van der Waals surface area contributed by atoms with E-state index in [-0.39, 0.29) is 12.5 Å². The zero-order valence-corrected chi connectivity index (χ0v) is 14.5. The van der Waals surface area contributed by atoms with Gasteiger partial charge in [-0.05, 0) is 49.6 Å². The van der Waals surface area contributed by atoms with E-state index < -0.39 is 5.63 Å². The van der Waals surface area contributed by atoms with Gasteiger partial charge < -0.3 is 14.1 Å². The van der Waals surface area contributed by atoms with Crippen molar-refractivity contribution in [2.45, 2.75) is 19.8 Å². The van der Waals surface area contributed by atoms with Gasteiger partial charge in [0.15, 0.2) is 6.61 Å².